The molecule has 2 heterocycles. The lowest BCUT2D eigenvalue weighted by molar-refractivity contribution is 0.103. The first-order valence-corrected chi connectivity index (χ1v) is 8.48. The fraction of sp³-hybridized carbons (Fsp3) is 0. The van der Waals surface area contributed by atoms with Crippen LogP contribution < -0.4 is 11.4 Å². The summed E-state index contributed by atoms with van der Waals surface area (Å²) in [7, 11) is 0. The van der Waals surface area contributed by atoms with Crippen molar-refractivity contribution in [1.82, 2.24) is 0 Å². The van der Waals surface area contributed by atoms with Gasteiger partial charge in [-0.25, -0.2) is 4.79 Å². The van der Waals surface area contributed by atoms with Crippen LogP contribution >= 0.6 is 11.8 Å². The van der Waals surface area contributed by atoms with Crippen molar-refractivity contribution >= 4 is 34.6 Å². The van der Waals surface area contributed by atoms with Crippen LogP contribution in [0.3, 0.4) is 0 Å². The summed E-state index contributed by atoms with van der Waals surface area (Å²) in [5, 5.41) is 1.09. The molecular weight excluding hydrogens is 334 g/mol. The van der Waals surface area contributed by atoms with Gasteiger partial charge in [0, 0.05) is 16.5 Å². The van der Waals surface area contributed by atoms with Crippen LogP contribution in [0.2, 0.25) is 0 Å². The number of para-hydroxylation sites is 1. The van der Waals surface area contributed by atoms with Crippen LogP contribution in [0.4, 0.5) is 0 Å². The second kappa shape index (κ2) is 6.11. The lowest BCUT2D eigenvalue weighted by atomic mass is 10.0. The molecule has 2 aromatic carbocycles. The molecule has 4 nitrogen and oxygen atoms in total. The smallest absolute Gasteiger partial charge is 0.351 e. The second-order valence-electron chi connectivity index (χ2n) is 5.54. The Morgan fingerprint density at radius 3 is 2.48 bits per heavy atom. The highest BCUT2D eigenvalue weighted by Gasteiger charge is 2.21. The van der Waals surface area contributed by atoms with Crippen LogP contribution in [0.15, 0.2) is 85.4 Å². The Morgan fingerprint density at radius 2 is 1.68 bits per heavy atom. The standard InChI is InChI=1S/C20H13NO3S/c21-19-15(17(22)12-6-2-1-3-7-12)11-10-14-13-8-4-5-9-16(13)24-20(23)18(14)25-19/h1-11H,21H2. The molecule has 0 fully saturated rings. The molecule has 4 rings (SSSR count). The van der Waals surface area contributed by atoms with E-state index in [4.69, 9.17) is 10.2 Å². The van der Waals surface area contributed by atoms with E-state index in [-0.39, 0.29) is 10.8 Å². The van der Waals surface area contributed by atoms with Crippen molar-refractivity contribution in [3.8, 4) is 0 Å². The van der Waals surface area contributed by atoms with E-state index in [2.05, 4.69) is 0 Å². The number of ketones is 1. The molecule has 0 spiro atoms. The molecule has 0 bridgehead atoms. The number of carbonyl (C=O) groups excluding carboxylic acids is 1. The quantitative estimate of drug-likeness (QED) is 0.561. The minimum absolute atomic E-state index is 0.177. The Hall–Kier alpha value is -3.05. The highest BCUT2D eigenvalue weighted by atomic mass is 32.2. The number of nitrogens with two attached hydrogens (primary N) is 1. The van der Waals surface area contributed by atoms with E-state index < -0.39 is 5.63 Å². The van der Waals surface area contributed by atoms with Gasteiger partial charge < -0.3 is 10.2 Å². The van der Waals surface area contributed by atoms with Gasteiger partial charge in [-0.15, -0.1) is 0 Å². The third kappa shape index (κ3) is 2.68. The summed E-state index contributed by atoms with van der Waals surface area (Å²) in [4.78, 5) is 25.5. The molecule has 0 amide bonds. The lowest BCUT2D eigenvalue weighted by Gasteiger charge is -2.07. The molecule has 0 saturated carbocycles. The van der Waals surface area contributed by atoms with Crippen LogP contribution in [-0.2, 0) is 0 Å². The Labute approximate surface area is 147 Å². The SMILES string of the molecule is NC1=C(C(=O)c2ccccc2)C=Cc2c(c(=O)oc3ccccc23)S1. The lowest BCUT2D eigenvalue weighted by Crippen LogP contribution is -2.09. The summed E-state index contributed by atoms with van der Waals surface area (Å²) >= 11 is 1.07. The van der Waals surface area contributed by atoms with Gasteiger partial charge in [-0.2, -0.15) is 0 Å². The fourth-order valence-electron chi connectivity index (χ4n) is 2.77. The van der Waals surface area contributed by atoms with Gasteiger partial charge >= 0.3 is 5.63 Å². The van der Waals surface area contributed by atoms with E-state index >= 15 is 0 Å². The van der Waals surface area contributed by atoms with Gasteiger partial charge in [0.1, 0.15) is 10.5 Å². The highest BCUT2D eigenvalue weighted by Crippen LogP contribution is 2.35. The Balaban J connectivity index is 1.88. The molecule has 0 aliphatic carbocycles. The number of carbonyl (C=O) groups is 1. The van der Waals surface area contributed by atoms with Crippen LogP contribution in [0.25, 0.3) is 17.0 Å². The molecule has 0 saturated heterocycles. The molecule has 1 aliphatic rings. The molecule has 1 aliphatic heterocycles. The van der Waals surface area contributed by atoms with Crippen LogP contribution in [0, 0.1) is 0 Å². The van der Waals surface area contributed by atoms with E-state index in [9.17, 15) is 9.59 Å². The topological polar surface area (TPSA) is 73.3 Å². The van der Waals surface area contributed by atoms with E-state index in [1.54, 1.807) is 42.5 Å². The van der Waals surface area contributed by atoms with Crippen molar-refractivity contribution in [2.45, 2.75) is 4.90 Å². The van der Waals surface area contributed by atoms with Crippen molar-refractivity contribution in [3.05, 3.63) is 92.8 Å². The van der Waals surface area contributed by atoms with Gasteiger partial charge in [0.25, 0.3) is 0 Å². The highest BCUT2D eigenvalue weighted by molar-refractivity contribution is 8.03. The molecule has 2 N–H and O–H groups in total. The Kier molecular flexibility index (Phi) is 3.78. The zero-order chi connectivity index (χ0) is 17.4. The molecule has 122 valence electrons. The van der Waals surface area contributed by atoms with E-state index in [1.807, 2.05) is 24.3 Å². The van der Waals surface area contributed by atoms with Gasteiger partial charge in [0.2, 0.25) is 0 Å². The summed E-state index contributed by atoms with van der Waals surface area (Å²) in [5.41, 5.74) is 7.82. The maximum Gasteiger partial charge on any atom is 0.351 e. The summed E-state index contributed by atoms with van der Waals surface area (Å²) < 4.78 is 5.37. The summed E-state index contributed by atoms with van der Waals surface area (Å²) in [6, 6.07) is 16.2. The van der Waals surface area contributed by atoms with E-state index in [0.717, 1.165) is 22.7 Å². The molecule has 1 aromatic heterocycles. The number of allylic oxidation sites excluding steroid dienone is 2. The van der Waals surface area contributed by atoms with Crippen LogP contribution in [-0.4, -0.2) is 5.78 Å². The van der Waals surface area contributed by atoms with Gasteiger partial charge in [0.15, 0.2) is 5.78 Å². The van der Waals surface area contributed by atoms with Crippen LogP contribution in [0.1, 0.15) is 15.9 Å². The molecular formula is C20H13NO3S. The first-order chi connectivity index (χ1) is 12.1. The average Bonchev–Trinajstić information content (AvgIpc) is 2.81. The Morgan fingerprint density at radius 1 is 0.960 bits per heavy atom. The van der Waals surface area contributed by atoms with Crippen molar-refractivity contribution in [3.63, 3.8) is 0 Å². The maximum atomic E-state index is 12.8. The van der Waals surface area contributed by atoms with Crippen molar-refractivity contribution < 1.29 is 9.21 Å². The number of hydrogen-bond acceptors (Lipinski definition) is 5. The molecule has 3 aromatic rings. The number of hydrogen-bond donors (Lipinski definition) is 1. The average molecular weight is 347 g/mol. The number of fused-ring (bicyclic) bond motifs is 3. The van der Waals surface area contributed by atoms with E-state index in [0.29, 0.717) is 21.6 Å². The molecule has 25 heavy (non-hydrogen) atoms. The number of Topliss-reactive ketones (excluding diaryl/α,β-unsaturated/α-hetero) is 1. The normalized spacial score (nSPS) is 13.6. The third-order valence-corrected chi connectivity index (χ3v) is 5.02. The zero-order valence-corrected chi connectivity index (χ0v) is 13.9. The molecule has 0 unspecified atom stereocenters. The predicted molar refractivity (Wildman–Crippen MR) is 99.4 cm³/mol. The van der Waals surface area contributed by atoms with Gasteiger partial charge in [-0.1, -0.05) is 66.4 Å². The van der Waals surface area contributed by atoms with E-state index in [1.165, 1.54) is 0 Å². The number of benzene rings is 2. The number of thioether (sulfide) groups is 1. The van der Waals surface area contributed by atoms with Crippen LogP contribution in [0.5, 0.6) is 0 Å². The van der Waals surface area contributed by atoms with Crippen molar-refractivity contribution in [2.75, 3.05) is 0 Å². The first kappa shape index (κ1) is 15.5. The maximum absolute atomic E-state index is 12.8. The molecule has 0 radical (unpaired) electrons. The van der Waals surface area contributed by atoms with Crippen molar-refractivity contribution in [1.29, 1.82) is 0 Å². The number of rotatable bonds is 2. The largest absolute Gasteiger partial charge is 0.422 e. The Bertz CT molecular complexity index is 1110. The zero-order valence-electron chi connectivity index (χ0n) is 13.1. The summed E-state index contributed by atoms with van der Waals surface area (Å²) in [5.74, 6) is -0.177. The molecule has 5 heteroatoms. The summed E-state index contributed by atoms with van der Waals surface area (Å²) in [6.07, 6.45) is 3.44. The van der Waals surface area contributed by atoms with Gasteiger partial charge in [0.05, 0.1) is 10.6 Å². The first-order valence-electron chi connectivity index (χ1n) is 7.66. The van der Waals surface area contributed by atoms with Crippen molar-refractivity contribution in [2.24, 2.45) is 5.73 Å². The monoisotopic (exact) mass is 347 g/mol. The van der Waals surface area contributed by atoms with Gasteiger partial charge in [-0.05, 0) is 12.1 Å². The fourth-order valence-corrected chi connectivity index (χ4v) is 3.67. The molecule has 0 atom stereocenters. The summed E-state index contributed by atoms with van der Waals surface area (Å²) in [6.45, 7) is 0. The van der Waals surface area contributed by atoms with Gasteiger partial charge in [-0.3, -0.25) is 4.79 Å². The second-order valence-corrected chi connectivity index (χ2v) is 6.59. The minimum atomic E-state index is -0.459. The predicted octanol–water partition coefficient (Wildman–Crippen LogP) is 3.97. The third-order valence-electron chi connectivity index (χ3n) is 3.98. The minimum Gasteiger partial charge on any atom is -0.422 e.